The van der Waals surface area contributed by atoms with Gasteiger partial charge in [0.2, 0.25) is 0 Å². The third-order valence-corrected chi connectivity index (χ3v) is 3.78. The lowest BCUT2D eigenvalue weighted by molar-refractivity contribution is -0.224. The highest BCUT2D eigenvalue weighted by molar-refractivity contribution is 14.1. The van der Waals surface area contributed by atoms with Crippen LogP contribution in [0, 0.1) is 0 Å². The molecule has 0 bridgehead atoms. The van der Waals surface area contributed by atoms with Crippen LogP contribution < -0.4 is 0 Å². The molecule has 0 aromatic heterocycles. The van der Waals surface area contributed by atoms with Crippen LogP contribution in [-0.2, 0) is 0 Å². The van der Waals surface area contributed by atoms with Crippen molar-refractivity contribution in [3.05, 3.63) is 0 Å². The first-order valence-corrected chi connectivity index (χ1v) is 4.17. The maximum absolute atomic E-state index is 12.2. The van der Waals surface area contributed by atoms with Crippen LogP contribution in [0.4, 0.5) is 26.3 Å². The molecule has 0 rings (SSSR count). The smallest absolute Gasteiger partial charge is 0.214 e. The Bertz CT molecular complexity index is 127. The van der Waals surface area contributed by atoms with Crippen molar-refractivity contribution in [2.75, 3.05) is 0 Å². The van der Waals surface area contributed by atoms with Crippen LogP contribution in [0.5, 0.6) is 0 Å². The zero-order valence-corrected chi connectivity index (χ0v) is 8.84. The van der Waals surface area contributed by atoms with E-state index in [0.717, 1.165) is 0 Å². The first kappa shape index (κ1) is 12.0. The van der Waals surface area contributed by atoms with Crippen molar-refractivity contribution >= 4 is 45.2 Å². The predicted octanol–water partition coefficient (Wildman–Crippen LogP) is 3.68. The lowest BCUT2D eigenvalue weighted by atomic mass is 10.4. The second-order valence-corrected chi connectivity index (χ2v) is 4.41. The Morgan fingerprint density at radius 1 is 0.727 bits per heavy atom. The molecule has 1 unspecified atom stereocenters. The van der Waals surface area contributed by atoms with E-state index in [1.54, 1.807) is 0 Å². The first-order valence-electron chi connectivity index (χ1n) is 2.01. The van der Waals surface area contributed by atoms with Crippen molar-refractivity contribution in [3.8, 4) is 0 Å². The van der Waals surface area contributed by atoms with Gasteiger partial charge in [0.25, 0.3) is 0 Å². The number of halogens is 8. The topological polar surface area (TPSA) is 0 Å². The third kappa shape index (κ3) is 2.49. The van der Waals surface area contributed by atoms with Gasteiger partial charge < -0.3 is 0 Å². The van der Waals surface area contributed by atoms with Crippen LogP contribution in [0.2, 0.25) is 0 Å². The molecule has 0 nitrogen and oxygen atoms in total. The van der Waals surface area contributed by atoms with Gasteiger partial charge in [-0.2, -0.15) is 22.0 Å². The van der Waals surface area contributed by atoms with Crippen LogP contribution >= 0.6 is 45.2 Å². The monoisotopic (exact) mass is 404 g/mol. The van der Waals surface area contributed by atoms with E-state index >= 15 is 0 Å². The summed E-state index contributed by atoms with van der Waals surface area (Å²) in [6.45, 7) is 0. The number of hydrogen-bond donors (Lipinski definition) is 0. The van der Waals surface area contributed by atoms with Gasteiger partial charge in [0.1, 0.15) is 0 Å². The van der Waals surface area contributed by atoms with Gasteiger partial charge in [-0.05, 0) is 22.6 Å². The minimum atomic E-state index is -5.56. The quantitative estimate of drug-likeness (QED) is 0.356. The third-order valence-electron chi connectivity index (χ3n) is 0.712. The van der Waals surface area contributed by atoms with E-state index in [9.17, 15) is 26.3 Å². The number of rotatable bonds is 1. The molecule has 0 spiro atoms. The van der Waals surface area contributed by atoms with Gasteiger partial charge in [-0.1, -0.05) is 0 Å². The van der Waals surface area contributed by atoms with Gasteiger partial charge in [-0.3, -0.25) is 0 Å². The Labute approximate surface area is 85.0 Å². The molecule has 0 radical (unpaired) electrons. The molecular weight excluding hydrogens is 404 g/mol. The first-order chi connectivity index (χ1) is 4.50. The van der Waals surface area contributed by atoms with Crippen molar-refractivity contribution < 1.29 is 26.3 Å². The van der Waals surface area contributed by atoms with Gasteiger partial charge in [-0.15, -0.1) is 0 Å². The van der Waals surface area contributed by atoms with E-state index in [1.165, 1.54) is 0 Å². The van der Waals surface area contributed by atoms with Crippen LogP contribution in [0.15, 0.2) is 0 Å². The van der Waals surface area contributed by atoms with E-state index in [4.69, 9.17) is 0 Å². The highest BCUT2D eigenvalue weighted by Gasteiger charge is 2.68. The van der Waals surface area contributed by atoms with Crippen LogP contribution in [-0.4, -0.2) is 13.8 Å². The van der Waals surface area contributed by atoms with Crippen molar-refractivity contribution in [1.29, 1.82) is 0 Å². The maximum atomic E-state index is 12.2. The number of hydrogen-bond acceptors (Lipinski definition) is 0. The summed E-state index contributed by atoms with van der Waals surface area (Å²) in [5, 5.41) is 0. The summed E-state index contributed by atoms with van der Waals surface area (Å²) in [7, 11) is 0. The summed E-state index contributed by atoms with van der Waals surface area (Å²) in [5.41, 5.74) is 0. The second kappa shape index (κ2) is 3.07. The Morgan fingerprint density at radius 2 is 1.00 bits per heavy atom. The molecule has 68 valence electrons. The zero-order valence-electron chi connectivity index (χ0n) is 4.52. The molecule has 11 heavy (non-hydrogen) atoms. The average Bonchev–Trinajstić information content (AvgIpc) is 1.58. The van der Waals surface area contributed by atoms with Crippen molar-refractivity contribution in [3.63, 3.8) is 0 Å². The van der Waals surface area contributed by atoms with E-state index in [-0.39, 0.29) is 45.2 Å². The Balaban J connectivity index is 4.75. The fraction of sp³-hybridized carbons (Fsp3) is 1.00. The maximum Gasteiger partial charge on any atom is 0.438 e. The molecular formula is C3F6I2. The average molecular weight is 404 g/mol. The zero-order chi connectivity index (χ0) is 9.50. The van der Waals surface area contributed by atoms with Crippen LogP contribution in [0.25, 0.3) is 0 Å². The van der Waals surface area contributed by atoms with E-state index in [2.05, 4.69) is 0 Å². The Morgan fingerprint density at radius 3 is 1.00 bits per heavy atom. The van der Waals surface area contributed by atoms with E-state index in [1.807, 2.05) is 0 Å². The summed E-state index contributed by atoms with van der Waals surface area (Å²) in [4.78, 5) is 0. The second-order valence-electron chi connectivity index (χ2n) is 1.57. The van der Waals surface area contributed by atoms with Crippen molar-refractivity contribution in [2.24, 2.45) is 0 Å². The Kier molecular flexibility index (Phi) is 3.36. The predicted molar refractivity (Wildman–Crippen MR) is 42.9 cm³/mol. The lowest BCUT2D eigenvalue weighted by Gasteiger charge is -2.25. The molecule has 0 fully saturated rings. The highest BCUT2D eigenvalue weighted by Crippen LogP contribution is 2.53. The molecule has 1 atom stereocenters. The van der Waals surface area contributed by atoms with Gasteiger partial charge >= 0.3 is 13.8 Å². The lowest BCUT2D eigenvalue weighted by Crippen LogP contribution is -2.46. The van der Waals surface area contributed by atoms with Crippen LogP contribution in [0.3, 0.4) is 0 Å². The SMILES string of the molecule is FC(F)(F)C(F)(I)C(F)(F)I. The van der Waals surface area contributed by atoms with E-state index in [0.29, 0.717) is 0 Å². The van der Waals surface area contributed by atoms with E-state index < -0.39 is 13.8 Å². The summed E-state index contributed by atoms with van der Waals surface area (Å²) in [6.07, 6.45) is -5.56. The summed E-state index contributed by atoms with van der Waals surface area (Å²) >= 11 is 0.149. The van der Waals surface area contributed by atoms with Crippen molar-refractivity contribution in [2.45, 2.75) is 13.8 Å². The van der Waals surface area contributed by atoms with Crippen molar-refractivity contribution in [1.82, 2.24) is 0 Å². The summed E-state index contributed by atoms with van der Waals surface area (Å²) in [6, 6.07) is 0. The fourth-order valence-electron chi connectivity index (χ4n) is 0.161. The van der Waals surface area contributed by atoms with Gasteiger partial charge in [0.15, 0.2) is 0 Å². The number of alkyl halides is 8. The van der Waals surface area contributed by atoms with Gasteiger partial charge in [0, 0.05) is 22.6 Å². The molecule has 0 aromatic rings. The highest BCUT2D eigenvalue weighted by atomic mass is 127. The molecule has 0 N–H and O–H groups in total. The molecule has 0 aliphatic heterocycles. The van der Waals surface area contributed by atoms with Crippen LogP contribution in [0.1, 0.15) is 0 Å². The molecule has 0 amide bonds. The minimum Gasteiger partial charge on any atom is -0.214 e. The molecule has 0 aliphatic carbocycles. The van der Waals surface area contributed by atoms with Gasteiger partial charge in [0.05, 0.1) is 0 Å². The summed E-state index contributed by atoms with van der Waals surface area (Å²) < 4.78 is 61.4. The molecule has 0 aromatic carbocycles. The fourth-order valence-corrected chi connectivity index (χ4v) is 0.467. The molecule has 8 heteroatoms. The largest absolute Gasteiger partial charge is 0.438 e. The minimum absolute atomic E-state index is 0.0400. The summed E-state index contributed by atoms with van der Waals surface area (Å²) in [5.74, 6) is 0. The molecule has 0 heterocycles. The Hall–Kier alpha value is 1.04. The standard InChI is InChI=1S/C3F6I2/c4-1(10,2(5,6)7)3(8,9)11. The normalized spacial score (nSPS) is 19.6. The molecule has 0 saturated heterocycles. The molecule has 0 aliphatic rings. The van der Waals surface area contributed by atoms with Gasteiger partial charge in [-0.25, -0.2) is 4.39 Å². The molecule has 0 saturated carbocycles.